The third kappa shape index (κ3) is 5.87. The predicted molar refractivity (Wildman–Crippen MR) is 132 cm³/mol. The van der Waals surface area contributed by atoms with Crippen molar-refractivity contribution in [2.24, 2.45) is 11.7 Å². The van der Waals surface area contributed by atoms with Gasteiger partial charge in [0.1, 0.15) is 11.4 Å². The van der Waals surface area contributed by atoms with Crippen molar-refractivity contribution < 1.29 is 17.9 Å². The van der Waals surface area contributed by atoms with Crippen molar-refractivity contribution in [2.75, 3.05) is 18.9 Å². The van der Waals surface area contributed by atoms with Crippen LogP contribution in [0.15, 0.2) is 53.0 Å². The zero-order valence-electron chi connectivity index (χ0n) is 19.0. The largest absolute Gasteiger partial charge is 0.573 e. The first-order valence-electron chi connectivity index (χ1n) is 11.5. The van der Waals surface area contributed by atoms with Gasteiger partial charge in [-0.1, -0.05) is 40.2 Å². The first-order valence-corrected chi connectivity index (χ1v) is 12.3. The van der Waals surface area contributed by atoms with Gasteiger partial charge in [-0.15, -0.1) is 13.2 Å². The minimum Gasteiger partial charge on any atom is -0.405 e. The minimum absolute atomic E-state index is 0.159. The van der Waals surface area contributed by atoms with Gasteiger partial charge < -0.3 is 26.4 Å². The third-order valence-corrected chi connectivity index (χ3v) is 7.20. The van der Waals surface area contributed by atoms with Gasteiger partial charge in [0.15, 0.2) is 0 Å². The fourth-order valence-corrected chi connectivity index (χ4v) is 5.32. The van der Waals surface area contributed by atoms with E-state index in [4.69, 9.17) is 5.73 Å². The van der Waals surface area contributed by atoms with E-state index in [0.29, 0.717) is 29.0 Å². The van der Waals surface area contributed by atoms with Gasteiger partial charge in [0.2, 0.25) is 0 Å². The van der Waals surface area contributed by atoms with Gasteiger partial charge in [-0.3, -0.25) is 0 Å². The van der Waals surface area contributed by atoms with Gasteiger partial charge in [0.05, 0.1) is 0 Å². The van der Waals surface area contributed by atoms with Crippen LogP contribution >= 0.6 is 15.9 Å². The molecule has 1 saturated carbocycles. The van der Waals surface area contributed by atoms with Gasteiger partial charge in [-0.05, 0) is 74.4 Å². The van der Waals surface area contributed by atoms with E-state index < -0.39 is 12.0 Å². The Bertz CT molecular complexity index is 1040. The molecule has 0 amide bonds. The fraction of sp³-hybridized carbons (Fsp3) is 0.440. The van der Waals surface area contributed by atoms with Crippen LogP contribution in [0.3, 0.4) is 0 Å². The predicted octanol–water partition coefficient (Wildman–Crippen LogP) is 5.38. The van der Waals surface area contributed by atoms with Crippen LogP contribution in [0.4, 0.5) is 18.9 Å². The standard InChI is InChI=1S/C25H30BrF3N4O/c1-31-22-15-24(30,33-21-5-3-2-4-20(21)22)17-7-10-19(11-8-17)32-13-12-16-6-9-18(26)14-23(16)34-25(27,28)29/h2-6,9,14-15,17,19,31-33H,7-8,10-13,30H2,1H3. The first-order chi connectivity index (χ1) is 16.2. The van der Waals surface area contributed by atoms with Crippen molar-refractivity contribution in [3.8, 4) is 5.75 Å². The summed E-state index contributed by atoms with van der Waals surface area (Å²) in [5.74, 6) is 0.119. The Hall–Kier alpha value is -2.23. The summed E-state index contributed by atoms with van der Waals surface area (Å²) < 4.78 is 43.0. The maximum Gasteiger partial charge on any atom is 0.573 e. The number of hydrogen-bond donors (Lipinski definition) is 4. The van der Waals surface area contributed by atoms with E-state index in [9.17, 15) is 13.2 Å². The van der Waals surface area contributed by atoms with E-state index in [-0.39, 0.29) is 11.7 Å². The van der Waals surface area contributed by atoms with Crippen molar-refractivity contribution in [3.63, 3.8) is 0 Å². The van der Waals surface area contributed by atoms with Crippen LogP contribution in [0.1, 0.15) is 36.8 Å². The summed E-state index contributed by atoms with van der Waals surface area (Å²) in [4.78, 5) is 0. The molecule has 9 heteroatoms. The van der Waals surface area contributed by atoms with Crippen LogP contribution < -0.4 is 26.4 Å². The van der Waals surface area contributed by atoms with Gasteiger partial charge in [0.25, 0.3) is 0 Å². The Morgan fingerprint density at radius 2 is 1.88 bits per heavy atom. The second-order valence-electron chi connectivity index (χ2n) is 8.96. The average molecular weight is 539 g/mol. The van der Waals surface area contributed by atoms with Crippen LogP contribution in [0.25, 0.3) is 5.70 Å². The molecule has 1 unspecified atom stereocenters. The number of hydrogen-bond acceptors (Lipinski definition) is 5. The summed E-state index contributed by atoms with van der Waals surface area (Å²) in [5.41, 5.74) is 9.93. The molecule has 4 rings (SSSR count). The van der Waals surface area contributed by atoms with Gasteiger partial charge in [-0.25, -0.2) is 0 Å². The number of para-hydroxylation sites is 1. The highest BCUT2D eigenvalue weighted by molar-refractivity contribution is 9.10. The van der Waals surface area contributed by atoms with E-state index >= 15 is 0 Å². The lowest BCUT2D eigenvalue weighted by Crippen LogP contribution is -2.56. The van der Waals surface area contributed by atoms with Crippen molar-refractivity contribution in [1.82, 2.24) is 10.6 Å². The molecule has 0 radical (unpaired) electrons. The lowest BCUT2D eigenvalue weighted by Gasteiger charge is -2.43. The van der Waals surface area contributed by atoms with E-state index in [1.54, 1.807) is 12.1 Å². The number of nitrogens with two attached hydrogens (primary N) is 1. The Morgan fingerprint density at radius 3 is 2.59 bits per heavy atom. The second-order valence-corrected chi connectivity index (χ2v) is 9.88. The number of anilines is 1. The summed E-state index contributed by atoms with van der Waals surface area (Å²) >= 11 is 3.21. The number of rotatable bonds is 7. The van der Waals surface area contributed by atoms with Crippen LogP contribution in [0, 0.1) is 5.92 Å². The van der Waals surface area contributed by atoms with E-state index in [0.717, 1.165) is 42.6 Å². The smallest absolute Gasteiger partial charge is 0.405 e. The molecule has 2 aliphatic rings. The Morgan fingerprint density at radius 1 is 1.15 bits per heavy atom. The molecule has 34 heavy (non-hydrogen) atoms. The van der Waals surface area contributed by atoms with Crippen molar-refractivity contribution in [3.05, 3.63) is 64.1 Å². The van der Waals surface area contributed by atoms with Crippen molar-refractivity contribution >= 4 is 27.3 Å². The van der Waals surface area contributed by atoms with Crippen molar-refractivity contribution in [2.45, 2.75) is 50.2 Å². The summed E-state index contributed by atoms with van der Waals surface area (Å²) in [6.07, 6.45) is 1.67. The second kappa shape index (κ2) is 10.2. The van der Waals surface area contributed by atoms with E-state index in [1.165, 1.54) is 6.07 Å². The Balaban J connectivity index is 1.32. The number of alkyl halides is 3. The SMILES string of the molecule is CNC1=CC(N)(C2CCC(NCCc3ccc(Br)cc3OC(F)(F)F)CC2)Nc2ccccc21. The molecule has 2 aromatic carbocycles. The lowest BCUT2D eigenvalue weighted by molar-refractivity contribution is -0.274. The van der Waals surface area contributed by atoms with Crippen LogP contribution in [0.2, 0.25) is 0 Å². The molecule has 5 N–H and O–H groups in total. The monoisotopic (exact) mass is 538 g/mol. The normalized spacial score (nSPS) is 24.6. The maximum absolute atomic E-state index is 12.7. The molecular weight excluding hydrogens is 509 g/mol. The average Bonchev–Trinajstić information content (AvgIpc) is 2.79. The number of nitrogens with one attached hydrogen (secondary N) is 3. The summed E-state index contributed by atoms with van der Waals surface area (Å²) in [7, 11) is 1.91. The highest BCUT2D eigenvalue weighted by Gasteiger charge is 2.39. The Kier molecular flexibility index (Phi) is 7.45. The molecule has 1 atom stereocenters. The molecule has 1 fully saturated rings. The zero-order chi connectivity index (χ0) is 24.3. The van der Waals surface area contributed by atoms with Crippen LogP contribution in [0.5, 0.6) is 5.75 Å². The molecule has 5 nitrogen and oxygen atoms in total. The molecule has 0 spiro atoms. The summed E-state index contributed by atoms with van der Waals surface area (Å²) in [6, 6.07) is 13.2. The fourth-order valence-electron chi connectivity index (χ4n) is 4.98. The molecule has 1 heterocycles. The quantitative estimate of drug-likeness (QED) is 0.381. The molecule has 0 aromatic heterocycles. The molecule has 0 bridgehead atoms. The van der Waals surface area contributed by atoms with E-state index in [2.05, 4.69) is 48.8 Å². The van der Waals surface area contributed by atoms with Crippen LogP contribution in [-0.4, -0.2) is 31.7 Å². The highest BCUT2D eigenvalue weighted by atomic mass is 79.9. The molecule has 2 aromatic rings. The topological polar surface area (TPSA) is 71.3 Å². The lowest BCUT2D eigenvalue weighted by atomic mass is 9.76. The van der Waals surface area contributed by atoms with Gasteiger partial charge in [-0.2, -0.15) is 0 Å². The molecule has 1 aliphatic heterocycles. The summed E-state index contributed by atoms with van der Waals surface area (Å²) in [6.45, 7) is 0.578. The first kappa shape index (κ1) is 24.9. The molecule has 0 saturated heterocycles. The Labute approximate surface area is 206 Å². The minimum atomic E-state index is -4.71. The number of ether oxygens (including phenoxy) is 1. The van der Waals surface area contributed by atoms with Gasteiger partial charge >= 0.3 is 6.36 Å². The van der Waals surface area contributed by atoms with Gasteiger partial charge in [0, 0.05) is 34.5 Å². The van der Waals surface area contributed by atoms with Crippen molar-refractivity contribution in [1.29, 1.82) is 0 Å². The highest BCUT2D eigenvalue weighted by Crippen LogP contribution is 2.39. The maximum atomic E-state index is 12.7. The molecule has 1 aliphatic carbocycles. The third-order valence-electron chi connectivity index (χ3n) is 6.71. The summed E-state index contributed by atoms with van der Waals surface area (Å²) in [5, 5.41) is 10.3. The van der Waals surface area contributed by atoms with Crippen LogP contribution in [-0.2, 0) is 6.42 Å². The number of benzene rings is 2. The zero-order valence-corrected chi connectivity index (χ0v) is 20.6. The van der Waals surface area contributed by atoms with E-state index in [1.807, 2.05) is 25.2 Å². The molecule has 184 valence electrons. The number of halogens is 4. The molecular formula is C25H30BrF3N4O. The number of fused-ring (bicyclic) bond motifs is 1.